The van der Waals surface area contributed by atoms with Gasteiger partial charge >= 0.3 is 6.18 Å². The summed E-state index contributed by atoms with van der Waals surface area (Å²) in [5.41, 5.74) is -1.68. The van der Waals surface area contributed by atoms with Gasteiger partial charge in [0, 0.05) is 12.1 Å². The second kappa shape index (κ2) is 3.88. The van der Waals surface area contributed by atoms with Crippen LogP contribution >= 0.6 is 0 Å². The Balaban J connectivity index is 1.92. The van der Waals surface area contributed by atoms with Gasteiger partial charge in [-0.2, -0.15) is 13.2 Å². The topological polar surface area (TPSA) is 24.1 Å². The molecule has 0 aromatic heterocycles. The van der Waals surface area contributed by atoms with Gasteiger partial charge < -0.3 is 10.6 Å². The Bertz CT molecular complexity index is 250. The van der Waals surface area contributed by atoms with Gasteiger partial charge in [0.05, 0.1) is 0 Å². The van der Waals surface area contributed by atoms with Crippen LogP contribution in [0.4, 0.5) is 13.2 Å². The summed E-state index contributed by atoms with van der Waals surface area (Å²) >= 11 is 0. The average Bonchev–Trinajstić information content (AvgIpc) is 2.89. The van der Waals surface area contributed by atoms with Gasteiger partial charge in [0.25, 0.3) is 0 Å². The van der Waals surface area contributed by atoms with Gasteiger partial charge in [-0.3, -0.25) is 0 Å². The van der Waals surface area contributed by atoms with Gasteiger partial charge in [-0.25, -0.2) is 0 Å². The zero-order valence-electron chi connectivity index (χ0n) is 9.58. The molecule has 2 rings (SSSR count). The standard InChI is InChI=1S/C11H19F3N2/c1-2-9(4-3-7-15-9)8-16-10(5-6-10)11(12,13)14/h15-16H,2-8H2,1H3. The molecular weight excluding hydrogens is 217 g/mol. The minimum absolute atomic E-state index is 0.110. The van der Waals surface area contributed by atoms with Crippen molar-refractivity contribution in [2.75, 3.05) is 13.1 Å². The molecule has 2 nitrogen and oxygen atoms in total. The van der Waals surface area contributed by atoms with Crippen LogP contribution in [0, 0.1) is 0 Å². The number of rotatable bonds is 4. The van der Waals surface area contributed by atoms with Crippen LogP contribution in [0.5, 0.6) is 0 Å². The molecule has 0 aromatic rings. The average molecular weight is 236 g/mol. The third-order valence-electron chi connectivity index (χ3n) is 4.07. The molecule has 1 heterocycles. The maximum Gasteiger partial charge on any atom is 0.406 e. The summed E-state index contributed by atoms with van der Waals surface area (Å²) in [5.74, 6) is 0. The van der Waals surface area contributed by atoms with Crippen molar-refractivity contribution in [2.24, 2.45) is 0 Å². The first kappa shape index (κ1) is 12.2. The molecule has 0 aromatic carbocycles. The van der Waals surface area contributed by atoms with E-state index in [1.165, 1.54) is 0 Å². The van der Waals surface area contributed by atoms with E-state index in [4.69, 9.17) is 0 Å². The fourth-order valence-electron chi connectivity index (χ4n) is 2.47. The summed E-state index contributed by atoms with van der Waals surface area (Å²) < 4.78 is 38.1. The third kappa shape index (κ3) is 2.07. The lowest BCUT2D eigenvalue weighted by Crippen LogP contribution is -2.55. The highest BCUT2D eigenvalue weighted by molar-refractivity contribution is 5.10. The van der Waals surface area contributed by atoms with Crippen LogP contribution in [0.3, 0.4) is 0 Å². The van der Waals surface area contributed by atoms with Gasteiger partial charge in [0.1, 0.15) is 5.54 Å². The van der Waals surface area contributed by atoms with Crippen LogP contribution < -0.4 is 10.6 Å². The van der Waals surface area contributed by atoms with Crippen molar-refractivity contribution in [2.45, 2.75) is 56.3 Å². The van der Waals surface area contributed by atoms with Crippen LogP contribution in [0.25, 0.3) is 0 Å². The summed E-state index contributed by atoms with van der Waals surface area (Å²) in [4.78, 5) is 0. The Kier molecular flexibility index (Phi) is 2.95. The minimum Gasteiger partial charge on any atom is -0.310 e. The van der Waals surface area contributed by atoms with E-state index in [0.717, 1.165) is 25.8 Å². The van der Waals surface area contributed by atoms with Crippen LogP contribution in [0.2, 0.25) is 0 Å². The Morgan fingerprint density at radius 3 is 2.31 bits per heavy atom. The first-order valence-corrected chi connectivity index (χ1v) is 6.00. The zero-order valence-corrected chi connectivity index (χ0v) is 9.58. The van der Waals surface area contributed by atoms with Crippen molar-refractivity contribution in [1.82, 2.24) is 10.6 Å². The van der Waals surface area contributed by atoms with Gasteiger partial charge in [0.2, 0.25) is 0 Å². The fraction of sp³-hybridized carbons (Fsp3) is 1.00. The van der Waals surface area contributed by atoms with E-state index in [9.17, 15) is 13.2 Å². The largest absolute Gasteiger partial charge is 0.406 e. The van der Waals surface area contributed by atoms with E-state index in [1.54, 1.807) is 0 Å². The second-order valence-electron chi connectivity index (χ2n) is 5.10. The molecule has 2 aliphatic rings. The molecule has 1 unspecified atom stereocenters. The smallest absolute Gasteiger partial charge is 0.310 e. The number of nitrogens with one attached hydrogen (secondary N) is 2. The van der Waals surface area contributed by atoms with Crippen molar-refractivity contribution in [3.8, 4) is 0 Å². The van der Waals surface area contributed by atoms with E-state index in [0.29, 0.717) is 6.54 Å². The van der Waals surface area contributed by atoms with Crippen molar-refractivity contribution in [3.63, 3.8) is 0 Å². The molecule has 2 N–H and O–H groups in total. The number of hydrogen-bond acceptors (Lipinski definition) is 2. The molecule has 1 aliphatic carbocycles. The first-order valence-electron chi connectivity index (χ1n) is 6.00. The lowest BCUT2D eigenvalue weighted by molar-refractivity contribution is -0.166. The Labute approximate surface area is 94.0 Å². The Morgan fingerprint density at radius 1 is 1.25 bits per heavy atom. The van der Waals surface area contributed by atoms with Gasteiger partial charge in [-0.05, 0) is 38.6 Å². The third-order valence-corrected chi connectivity index (χ3v) is 4.07. The monoisotopic (exact) mass is 236 g/mol. The molecule has 0 amide bonds. The molecule has 1 aliphatic heterocycles. The number of halogens is 3. The van der Waals surface area contributed by atoms with Crippen LogP contribution in [0.1, 0.15) is 39.0 Å². The molecule has 0 spiro atoms. The molecule has 2 fully saturated rings. The molecule has 1 saturated carbocycles. The molecular formula is C11H19F3N2. The SMILES string of the molecule is CCC1(CNC2(C(F)(F)F)CC2)CCCN1. The number of alkyl halides is 3. The second-order valence-corrected chi connectivity index (χ2v) is 5.10. The number of hydrogen-bond donors (Lipinski definition) is 2. The minimum atomic E-state index is -4.10. The molecule has 0 radical (unpaired) electrons. The molecule has 1 saturated heterocycles. The van der Waals surface area contributed by atoms with E-state index < -0.39 is 11.7 Å². The normalized spacial score (nSPS) is 33.0. The zero-order chi connectivity index (χ0) is 11.9. The van der Waals surface area contributed by atoms with Gasteiger partial charge in [-0.15, -0.1) is 0 Å². The van der Waals surface area contributed by atoms with Crippen molar-refractivity contribution in [3.05, 3.63) is 0 Å². The van der Waals surface area contributed by atoms with Crippen LogP contribution in [-0.2, 0) is 0 Å². The maximum atomic E-state index is 12.7. The van der Waals surface area contributed by atoms with Crippen LogP contribution in [-0.4, -0.2) is 30.3 Å². The van der Waals surface area contributed by atoms with Crippen LogP contribution in [0.15, 0.2) is 0 Å². The summed E-state index contributed by atoms with van der Waals surface area (Å²) in [5, 5.41) is 6.10. The van der Waals surface area contributed by atoms with E-state index in [1.807, 2.05) is 6.92 Å². The molecule has 0 bridgehead atoms. The highest BCUT2D eigenvalue weighted by atomic mass is 19.4. The predicted octanol–water partition coefficient (Wildman–Crippen LogP) is 2.20. The Hall–Kier alpha value is -0.290. The lowest BCUT2D eigenvalue weighted by atomic mass is 9.93. The summed E-state index contributed by atoms with van der Waals surface area (Å²) in [6, 6.07) is 0. The predicted molar refractivity (Wildman–Crippen MR) is 56.3 cm³/mol. The van der Waals surface area contributed by atoms with E-state index in [-0.39, 0.29) is 18.4 Å². The summed E-state index contributed by atoms with van der Waals surface area (Å²) in [6.07, 6.45) is -0.708. The van der Waals surface area contributed by atoms with Crippen molar-refractivity contribution in [1.29, 1.82) is 0 Å². The Morgan fingerprint density at radius 2 is 1.94 bits per heavy atom. The maximum absolute atomic E-state index is 12.7. The fourth-order valence-corrected chi connectivity index (χ4v) is 2.47. The highest BCUT2D eigenvalue weighted by Crippen LogP contribution is 2.49. The molecule has 5 heteroatoms. The lowest BCUT2D eigenvalue weighted by Gasteiger charge is -2.32. The molecule has 16 heavy (non-hydrogen) atoms. The first-order chi connectivity index (χ1) is 7.43. The highest BCUT2D eigenvalue weighted by Gasteiger charge is 2.63. The van der Waals surface area contributed by atoms with Crippen molar-refractivity contribution < 1.29 is 13.2 Å². The quantitative estimate of drug-likeness (QED) is 0.782. The van der Waals surface area contributed by atoms with Crippen molar-refractivity contribution >= 4 is 0 Å². The van der Waals surface area contributed by atoms with E-state index >= 15 is 0 Å². The molecule has 1 atom stereocenters. The summed E-state index contributed by atoms with van der Waals surface area (Å²) in [6.45, 7) is 3.39. The van der Waals surface area contributed by atoms with Gasteiger partial charge in [-0.1, -0.05) is 6.92 Å². The van der Waals surface area contributed by atoms with E-state index in [2.05, 4.69) is 10.6 Å². The molecule has 94 valence electrons. The summed E-state index contributed by atoms with van der Waals surface area (Å²) in [7, 11) is 0. The van der Waals surface area contributed by atoms with Gasteiger partial charge in [0.15, 0.2) is 0 Å².